The first-order chi connectivity index (χ1) is 13.4. The van der Waals surface area contributed by atoms with Crippen molar-refractivity contribution in [2.75, 3.05) is 0 Å². The Balaban J connectivity index is 1.96. The van der Waals surface area contributed by atoms with Gasteiger partial charge < -0.3 is 9.40 Å². The van der Waals surface area contributed by atoms with Crippen LogP contribution in [-0.2, 0) is 0 Å². The van der Waals surface area contributed by atoms with Crippen molar-refractivity contribution in [3.8, 4) is 0 Å². The van der Waals surface area contributed by atoms with E-state index in [4.69, 9.17) is 4.42 Å². The molecule has 27 heavy (non-hydrogen) atoms. The van der Waals surface area contributed by atoms with E-state index in [-0.39, 0.29) is 0 Å². The second kappa shape index (κ2) is 4.70. The van der Waals surface area contributed by atoms with Crippen LogP contribution < -0.4 is 0 Å². The average Bonchev–Trinajstić information content (AvgIpc) is 3.38. The van der Waals surface area contributed by atoms with Gasteiger partial charge in [0.1, 0.15) is 5.58 Å². The zero-order chi connectivity index (χ0) is 17.5. The molecule has 0 spiro atoms. The molecule has 7 rings (SSSR count). The predicted octanol–water partition coefficient (Wildman–Crippen LogP) is 7.59. The van der Waals surface area contributed by atoms with Crippen LogP contribution in [0.15, 0.2) is 77.2 Å². The van der Waals surface area contributed by atoms with Gasteiger partial charge in [-0.1, -0.05) is 54.6 Å². The molecule has 2 nitrogen and oxygen atoms in total. The first-order valence-electron chi connectivity index (χ1n) is 9.05. The number of nitrogens with one attached hydrogen (secondary N) is 1. The Kier molecular flexibility index (Phi) is 2.41. The van der Waals surface area contributed by atoms with Crippen molar-refractivity contribution in [3.63, 3.8) is 0 Å². The zero-order valence-electron chi connectivity index (χ0n) is 14.2. The maximum Gasteiger partial charge on any atom is 0.154 e. The van der Waals surface area contributed by atoms with Crippen LogP contribution in [0.25, 0.3) is 63.9 Å². The lowest BCUT2D eigenvalue weighted by atomic mass is 10.0. The number of H-pyrrole nitrogens is 1. The number of fused-ring (bicyclic) bond motifs is 12. The number of hydrogen-bond donors (Lipinski definition) is 1. The number of thiophene rings is 1. The SMILES string of the molecule is c1ccc2c(c1)[nH]c1c3c4ccccc4sc3c3oc4ccccc4c3c21. The summed E-state index contributed by atoms with van der Waals surface area (Å²) in [4.78, 5) is 3.71. The molecule has 0 atom stereocenters. The summed E-state index contributed by atoms with van der Waals surface area (Å²) in [5.74, 6) is 0. The summed E-state index contributed by atoms with van der Waals surface area (Å²) in [7, 11) is 0. The first kappa shape index (κ1) is 13.8. The molecular formula is C24H13NOS. The van der Waals surface area contributed by atoms with Gasteiger partial charge in [0.2, 0.25) is 0 Å². The summed E-state index contributed by atoms with van der Waals surface area (Å²) in [5, 5.41) is 7.48. The third-order valence-electron chi connectivity index (χ3n) is 5.60. The number of aromatic amines is 1. The minimum Gasteiger partial charge on any atom is -0.455 e. The minimum absolute atomic E-state index is 0.948. The molecule has 0 aliphatic rings. The number of aromatic nitrogens is 1. The highest BCUT2D eigenvalue weighted by Crippen LogP contribution is 2.48. The van der Waals surface area contributed by atoms with Gasteiger partial charge in [-0.05, 0) is 18.2 Å². The second-order valence-corrected chi connectivity index (χ2v) is 8.08. The van der Waals surface area contributed by atoms with Crippen molar-refractivity contribution in [1.82, 2.24) is 4.98 Å². The molecule has 0 amide bonds. The highest BCUT2D eigenvalue weighted by Gasteiger charge is 2.21. The van der Waals surface area contributed by atoms with Gasteiger partial charge in [-0.15, -0.1) is 11.3 Å². The van der Waals surface area contributed by atoms with Crippen LogP contribution in [0.4, 0.5) is 0 Å². The summed E-state index contributed by atoms with van der Waals surface area (Å²) in [5.41, 5.74) is 4.33. The van der Waals surface area contributed by atoms with Gasteiger partial charge in [0.25, 0.3) is 0 Å². The van der Waals surface area contributed by atoms with Crippen molar-refractivity contribution in [2.45, 2.75) is 0 Å². The number of benzene rings is 4. The van der Waals surface area contributed by atoms with Crippen molar-refractivity contribution in [1.29, 1.82) is 0 Å². The van der Waals surface area contributed by atoms with E-state index in [1.54, 1.807) is 0 Å². The molecule has 0 saturated heterocycles. The summed E-state index contributed by atoms with van der Waals surface area (Å²) >= 11 is 1.82. The van der Waals surface area contributed by atoms with Gasteiger partial charge in [-0.25, -0.2) is 0 Å². The molecule has 0 aliphatic heterocycles. The molecule has 3 heteroatoms. The topological polar surface area (TPSA) is 28.9 Å². The maximum atomic E-state index is 6.42. The fourth-order valence-electron chi connectivity index (χ4n) is 4.50. The quantitative estimate of drug-likeness (QED) is 0.295. The van der Waals surface area contributed by atoms with E-state index in [1.807, 2.05) is 17.4 Å². The molecule has 0 fully saturated rings. The van der Waals surface area contributed by atoms with Crippen LogP contribution in [-0.4, -0.2) is 4.98 Å². The molecule has 7 aromatic rings. The maximum absolute atomic E-state index is 6.42. The summed E-state index contributed by atoms with van der Waals surface area (Å²) in [6, 6.07) is 25.6. The number of para-hydroxylation sites is 2. The number of furan rings is 1. The minimum atomic E-state index is 0.948. The van der Waals surface area contributed by atoms with E-state index in [9.17, 15) is 0 Å². The van der Waals surface area contributed by atoms with E-state index >= 15 is 0 Å². The van der Waals surface area contributed by atoms with E-state index < -0.39 is 0 Å². The highest BCUT2D eigenvalue weighted by atomic mass is 32.1. The Morgan fingerprint density at radius 2 is 1.41 bits per heavy atom. The Morgan fingerprint density at radius 3 is 2.33 bits per heavy atom. The van der Waals surface area contributed by atoms with Gasteiger partial charge in [-0.2, -0.15) is 0 Å². The molecule has 3 heterocycles. The van der Waals surface area contributed by atoms with Crippen LogP contribution in [0.1, 0.15) is 0 Å². The van der Waals surface area contributed by atoms with Gasteiger partial charge in [0.05, 0.1) is 10.2 Å². The largest absolute Gasteiger partial charge is 0.455 e. The number of hydrogen-bond acceptors (Lipinski definition) is 2. The third kappa shape index (κ3) is 1.61. The highest BCUT2D eigenvalue weighted by molar-refractivity contribution is 7.26. The van der Waals surface area contributed by atoms with Crippen LogP contribution >= 0.6 is 11.3 Å². The molecule has 0 unspecified atom stereocenters. The lowest BCUT2D eigenvalue weighted by Gasteiger charge is -1.99. The normalized spacial score (nSPS) is 12.4. The molecule has 0 bridgehead atoms. The summed E-state index contributed by atoms with van der Waals surface area (Å²) in [6.07, 6.45) is 0. The van der Waals surface area contributed by atoms with E-state index in [2.05, 4.69) is 71.7 Å². The Morgan fingerprint density at radius 1 is 0.667 bits per heavy atom. The van der Waals surface area contributed by atoms with E-state index in [0.717, 1.165) is 11.2 Å². The third-order valence-corrected chi connectivity index (χ3v) is 6.77. The smallest absolute Gasteiger partial charge is 0.154 e. The molecule has 0 aliphatic carbocycles. The molecular weight excluding hydrogens is 350 g/mol. The second-order valence-electron chi connectivity index (χ2n) is 7.03. The van der Waals surface area contributed by atoms with Crippen molar-refractivity contribution < 1.29 is 4.42 Å². The first-order valence-corrected chi connectivity index (χ1v) is 9.87. The van der Waals surface area contributed by atoms with Gasteiger partial charge in [0, 0.05) is 42.5 Å². The fourth-order valence-corrected chi connectivity index (χ4v) is 5.69. The van der Waals surface area contributed by atoms with E-state index in [1.165, 1.54) is 52.8 Å². The Hall–Kier alpha value is -3.30. The standard InChI is InChI=1S/C24H13NOS/c1-4-10-16-13(7-1)19-20-14-8-2-5-11-17(14)26-23(20)24-21(22(19)25-16)15-9-3-6-12-18(15)27-24/h1-12,25H. The lowest BCUT2D eigenvalue weighted by molar-refractivity contribution is 0.673. The van der Waals surface area contributed by atoms with Crippen molar-refractivity contribution in [2.24, 2.45) is 0 Å². The summed E-state index contributed by atoms with van der Waals surface area (Å²) in [6.45, 7) is 0. The molecule has 1 N–H and O–H groups in total. The zero-order valence-corrected chi connectivity index (χ0v) is 15.1. The molecule has 0 radical (unpaired) electrons. The predicted molar refractivity (Wildman–Crippen MR) is 116 cm³/mol. The van der Waals surface area contributed by atoms with Crippen molar-refractivity contribution in [3.05, 3.63) is 72.8 Å². The van der Waals surface area contributed by atoms with Crippen LogP contribution in [0, 0.1) is 0 Å². The van der Waals surface area contributed by atoms with E-state index in [0.29, 0.717) is 0 Å². The molecule has 0 saturated carbocycles. The van der Waals surface area contributed by atoms with Crippen LogP contribution in [0.3, 0.4) is 0 Å². The molecule has 126 valence electrons. The van der Waals surface area contributed by atoms with Crippen molar-refractivity contribution >= 4 is 75.3 Å². The fraction of sp³-hybridized carbons (Fsp3) is 0. The molecule has 4 aromatic carbocycles. The van der Waals surface area contributed by atoms with Gasteiger partial charge in [0.15, 0.2) is 5.58 Å². The molecule has 3 aromatic heterocycles. The van der Waals surface area contributed by atoms with Crippen LogP contribution in [0.5, 0.6) is 0 Å². The summed E-state index contributed by atoms with van der Waals surface area (Å²) < 4.78 is 8.93. The lowest BCUT2D eigenvalue weighted by Crippen LogP contribution is -1.75. The Labute approximate surface area is 157 Å². The Bertz CT molecular complexity index is 1680. The average molecular weight is 363 g/mol. The van der Waals surface area contributed by atoms with Crippen LogP contribution in [0.2, 0.25) is 0 Å². The van der Waals surface area contributed by atoms with Gasteiger partial charge in [-0.3, -0.25) is 0 Å². The monoisotopic (exact) mass is 363 g/mol. The number of rotatable bonds is 0. The van der Waals surface area contributed by atoms with Gasteiger partial charge >= 0.3 is 0 Å².